The summed E-state index contributed by atoms with van der Waals surface area (Å²) >= 11 is 0. The van der Waals surface area contributed by atoms with Crippen LogP contribution in [-0.4, -0.2) is 37.9 Å². The fraction of sp³-hybridized carbons (Fsp3) is 0.100. The summed E-state index contributed by atoms with van der Waals surface area (Å²) in [5.74, 6) is -1.07. The number of amides is 2. The molecule has 3 N–H and O–H groups in total. The zero-order chi connectivity index (χ0) is 20.0. The molecule has 1 aliphatic heterocycles. The van der Waals surface area contributed by atoms with Crippen molar-refractivity contribution in [2.45, 2.75) is 6.54 Å². The van der Waals surface area contributed by atoms with Crippen LogP contribution in [-0.2, 0) is 6.54 Å². The van der Waals surface area contributed by atoms with E-state index in [1.165, 1.54) is 18.5 Å². The number of hydrogen-bond donors (Lipinski definition) is 3. The van der Waals surface area contributed by atoms with Crippen molar-refractivity contribution in [3.63, 3.8) is 0 Å². The minimum absolute atomic E-state index is 0.107. The number of nitrogens with zero attached hydrogens (tertiary/aromatic N) is 3. The smallest absolute Gasteiger partial charge is 0.267 e. The molecule has 1 aliphatic rings. The number of carbonyl (C=O) groups excluding carboxylic acids is 2. The van der Waals surface area contributed by atoms with E-state index in [0.717, 1.165) is 22.7 Å². The second kappa shape index (κ2) is 6.55. The minimum atomic E-state index is -0.536. The molecule has 0 aliphatic carbocycles. The first-order valence-corrected chi connectivity index (χ1v) is 8.96. The summed E-state index contributed by atoms with van der Waals surface area (Å²) in [6, 6.07) is 4.73. The average Bonchev–Trinajstić information content (AvgIpc) is 3.32. The quantitative estimate of drug-likeness (QED) is 0.500. The van der Waals surface area contributed by atoms with Crippen LogP contribution in [0.4, 0.5) is 10.1 Å². The maximum atomic E-state index is 13.3. The first-order valence-electron chi connectivity index (χ1n) is 8.96. The molecular weight excluding hydrogens is 375 g/mol. The van der Waals surface area contributed by atoms with Crippen molar-refractivity contribution >= 4 is 28.5 Å². The monoisotopic (exact) mass is 390 g/mol. The predicted molar refractivity (Wildman–Crippen MR) is 104 cm³/mol. The standard InChI is InChI=1S/C20H15FN6O2/c21-13-5-14(8-22-7-13)26-19(28)11-3-15-16(9-25-18(15)24-6-11)12-4-17-20(29)23-1-2-27(17)10-12/h3-10H,1-2H2,(H,23,29)(H,24,25)(H,26,28). The van der Waals surface area contributed by atoms with Crippen LogP contribution in [0, 0.1) is 5.82 Å². The Hall–Kier alpha value is -4.01. The molecule has 0 unspecified atom stereocenters. The van der Waals surface area contributed by atoms with Crippen molar-refractivity contribution in [2.24, 2.45) is 0 Å². The second-order valence-electron chi connectivity index (χ2n) is 6.73. The van der Waals surface area contributed by atoms with Crippen LogP contribution < -0.4 is 10.6 Å². The number of anilines is 1. The lowest BCUT2D eigenvalue weighted by molar-refractivity contribution is 0.0927. The number of fused-ring (bicyclic) bond motifs is 2. The summed E-state index contributed by atoms with van der Waals surface area (Å²) in [7, 11) is 0. The number of rotatable bonds is 3. The van der Waals surface area contributed by atoms with Crippen molar-refractivity contribution in [3.8, 4) is 11.1 Å². The molecule has 5 heterocycles. The molecule has 0 saturated carbocycles. The highest BCUT2D eigenvalue weighted by molar-refractivity contribution is 6.07. The van der Waals surface area contributed by atoms with Crippen LogP contribution >= 0.6 is 0 Å². The predicted octanol–water partition coefficient (Wildman–Crippen LogP) is 2.56. The van der Waals surface area contributed by atoms with E-state index in [1.54, 1.807) is 12.3 Å². The van der Waals surface area contributed by atoms with Gasteiger partial charge in [0.2, 0.25) is 0 Å². The fourth-order valence-corrected chi connectivity index (χ4v) is 3.46. The van der Waals surface area contributed by atoms with Gasteiger partial charge >= 0.3 is 0 Å². The highest BCUT2D eigenvalue weighted by Gasteiger charge is 2.20. The molecule has 5 rings (SSSR count). The van der Waals surface area contributed by atoms with Gasteiger partial charge in [0.1, 0.15) is 17.2 Å². The van der Waals surface area contributed by atoms with Gasteiger partial charge < -0.3 is 20.2 Å². The highest BCUT2D eigenvalue weighted by Crippen LogP contribution is 2.30. The summed E-state index contributed by atoms with van der Waals surface area (Å²) in [6.07, 6.45) is 7.60. The second-order valence-corrected chi connectivity index (χ2v) is 6.73. The van der Waals surface area contributed by atoms with E-state index in [1.807, 2.05) is 16.8 Å². The summed E-state index contributed by atoms with van der Waals surface area (Å²) in [5.41, 5.74) is 3.50. The minimum Gasteiger partial charge on any atom is -0.349 e. The molecule has 0 saturated heterocycles. The fourth-order valence-electron chi connectivity index (χ4n) is 3.46. The van der Waals surface area contributed by atoms with Gasteiger partial charge in [-0.1, -0.05) is 0 Å². The van der Waals surface area contributed by atoms with Gasteiger partial charge in [0.25, 0.3) is 11.8 Å². The van der Waals surface area contributed by atoms with Crippen LogP contribution in [0.25, 0.3) is 22.2 Å². The Labute approximate surface area is 163 Å². The Balaban J connectivity index is 1.51. The molecular formula is C20H15FN6O2. The van der Waals surface area contributed by atoms with Gasteiger partial charge in [0, 0.05) is 54.3 Å². The third-order valence-corrected chi connectivity index (χ3v) is 4.83. The van der Waals surface area contributed by atoms with Crippen LogP contribution in [0.1, 0.15) is 20.8 Å². The lowest BCUT2D eigenvalue weighted by atomic mass is 10.1. The molecule has 8 nitrogen and oxygen atoms in total. The third-order valence-electron chi connectivity index (χ3n) is 4.83. The van der Waals surface area contributed by atoms with E-state index in [2.05, 4.69) is 25.6 Å². The summed E-state index contributed by atoms with van der Waals surface area (Å²) in [4.78, 5) is 35.7. The van der Waals surface area contributed by atoms with E-state index in [9.17, 15) is 14.0 Å². The van der Waals surface area contributed by atoms with Crippen molar-refractivity contribution < 1.29 is 14.0 Å². The SMILES string of the molecule is O=C(Nc1cncc(F)c1)c1cnc2[nH]cc(-c3cc4n(c3)CCNC4=O)c2c1. The molecule has 0 aromatic carbocycles. The van der Waals surface area contributed by atoms with Crippen molar-refractivity contribution in [1.82, 2.24) is 24.8 Å². The Morgan fingerprint density at radius 3 is 2.93 bits per heavy atom. The van der Waals surface area contributed by atoms with Gasteiger partial charge in [-0.3, -0.25) is 14.6 Å². The summed E-state index contributed by atoms with van der Waals surface area (Å²) in [6.45, 7) is 1.30. The number of pyridine rings is 2. The molecule has 0 fully saturated rings. The molecule has 4 aromatic heterocycles. The molecule has 0 atom stereocenters. The molecule has 144 valence electrons. The van der Waals surface area contributed by atoms with Crippen LogP contribution in [0.5, 0.6) is 0 Å². The molecule has 0 radical (unpaired) electrons. The summed E-state index contributed by atoms with van der Waals surface area (Å²) in [5, 5.41) is 6.18. The lowest BCUT2D eigenvalue weighted by Crippen LogP contribution is -2.34. The first kappa shape index (κ1) is 17.1. The molecule has 0 spiro atoms. The maximum Gasteiger partial charge on any atom is 0.267 e. The lowest BCUT2D eigenvalue weighted by Gasteiger charge is -2.14. The summed E-state index contributed by atoms with van der Waals surface area (Å²) < 4.78 is 15.2. The van der Waals surface area contributed by atoms with Crippen LogP contribution in [0.15, 0.2) is 49.2 Å². The normalized spacial score (nSPS) is 13.2. The van der Waals surface area contributed by atoms with Crippen molar-refractivity contribution in [1.29, 1.82) is 0 Å². The molecule has 9 heteroatoms. The van der Waals surface area contributed by atoms with Gasteiger partial charge in [0.15, 0.2) is 0 Å². The van der Waals surface area contributed by atoms with E-state index >= 15 is 0 Å². The van der Waals surface area contributed by atoms with Gasteiger partial charge in [0.05, 0.1) is 23.6 Å². The number of nitrogens with one attached hydrogen (secondary N) is 3. The number of carbonyl (C=O) groups is 2. The van der Waals surface area contributed by atoms with Crippen molar-refractivity contribution in [3.05, 3.63) is 66.3 Å². The zero-order valence-electron chi connectivity index (χ0n) is 15.1. The van der Waals surface area contributed by atoms with Gasteiger partial charge in [-0.05, 0) is 12.1 Å². The largest absolute Gasteiger partial charge is 0.349 e. The third kappa shape index (κ3) is 3.02. The maximum absolute atomic E-state index is 13.3. The van der Waals surface area contributed by atoms with Gasteiger partial charge in [-0.25, -0.2) is 9.37 Å². The first-order chi connectivity index (χ1) is 14.1. The molecule has 29 heavy (non-hydrogen) atoms. The highest BCUT2D eigenvalue weighted by atomic mass is 19.1. The Morgan fingerprint density at radius 2 is 2.10 bits per heavy atom. The van der Waals surface area contributed by atoms with E-state index < -0.39 is 11.7 Å². The Bertz CT molecular complexity index is 1280. The topological polar surface area (TPSA) is 105 Å². The number of hydrogen-bond acceptors (Lipinski definition) is 4. The average molecular weight is 390 g/mol. The number of H-pyrrole nitrogens is 1. The Morgan fingerprint density at radius 1 is 1.21 bits per heavy atom. The van der Waals surface area contributed by atoms with E-state index in [0.29, 0.717) is 30.0 Å². The number of aromatic amines is 1. The van der Waals surface area contributed by atoms with Crippen molar-refractivity contribution in [2.75, 3.05) is 11.9 Å². The number of halogens is 1. The van der Waals surface area contributed by atoms with Crippen LogP contribution in [0.3, 0.4) is 0 Å². The van der Waals surface area contributed by atoms with Gasteiger partial charge in [-0.15, -0.1) is 0 Å². The van der Waals surface area contributed by atoms with E-state index in [4.69, 9.17) is 0 Å². The molecule has 0 bridgehead atoms. The van der Waals surface area contributed by atoms with Gasteiger partial charge in [-0.2, -0.15) is 0 Å². The number of aromatic nitrogens is 4. The molecule has 2 amide bonds. The van der Waals surface area contributed by atoms with Crippen LogP contribution in [0.2, 0.25) is 0 Å². The zero-order valence-corrected chi connectivity index (χ0v) is 15.1. The van der Waals surface area contributed by atoms with E-state index in [-0.39, 0.29) is 11.6 Å². The Kier molecular flexibility index (Phi) is 3.87. The molecule has 4 aromatic rings.